The van der Waals surface area contributed by atoms with Crippen molar-refractivity contribution in [2.24, 2.45) is 10.8 Å². The van der Waals surface area contributed by atoms with E-state index in [4.69, 9.17) is 4.98 Å². The third-order valence-corrected chi connectivity index (χ3v) is 6.43. The predicted molar refractivity (Wildman–Crippen MR) is 153 cm³/mol. The van der Waals surface area contributed by atoms with E-state index < -0.39 is 5.41 Å². The Balaban J connectivity index is 0.000000423. The van der Waals surface area contributed by atoms with Gasteiger partial charge in [-0.05, 0) is 29.5 Å². The number of rotatable bonds is 6. The number of carbonyl (C=O) groups excluding carboxylic acids is 1. The van der Waals surface area contributed by atoms with Gasteiger partial charge in [0.05, 0.1) is 5.52 Å². The van der Waals surface area contributed by atoms with Crippen molar-refractivity contribution in [1.29, 1.82) is 0 Å². The monoisotopic (exact) mass is 679 g/mol. The summed E-state index contributed by atoms with van der Waals surface area (Å²) in [7, 11) is 0. The van der Waals surface area contributed by atoms with Crippen molar-refractivity contribution >= 4 is 16.7 Å². The number of fused-ring (bicyclic) bond motifs is 1. The molecule has 1 aromatic heterocycles. The Hall–Kier alpha value is -2.29. The molecular formula is C33H44IrNO2-. The average Bonchev–Trinajstić information content (AvgIpc) is 2.83. The number of para-hydroxylation sites is 1. The van der Waals surface area contributed by atoms with Crippen LogP contribution in [0, 0.1) is 16.9 Å². The van der Waals surface area contributed by atoms with Crippen LogP contribution in [0.2, 0.25) is 0 Å². The normalized spacial score (nSPS) is 12.1. The molecule has 1 radical (unpaired) electrons. The first-order valence-corrected chi connectivity index (χ1v) is 13.2. The van der Waals surface area contributed by atoms with Gasteiger partial charge in [0, 0.05) is 37.0 Å². The molecule has 3 nitrogen and oxygen atoms in total. The molecule has 0 aliphatic carbocycles. The molecule has 0 fully saturated rings. The molecule has 1 heterocycles. The first-order chi connectivity index (χ1) is 16.8. The van der Waals surface area contributed by atoms with Crippen LogP contribution in [0.3, 0.4) is 0 Å². The van der Waals surface area contributed by atoms with Crippen LogP contribution in [0.5, 0.6) is 0 Å². The van der Waals surface area contributed by atoms with Gasteiger partial charge >= 0.3 is 0 Å². The molecule has 0 saturated heterocycles. The van der Waals surface area contributed by atoms with Gasteiger partial charge in [0.25, 0.3) is 0 Å². The maximum absolute atomic E-state index is 11.5. The van der Waals surface area contributed by atoms with Crippen molar-refractivity contribution in [2.75, 3.05) is 0 Å². The number of allylic oxidation sites excluding steroid dienone is 2. The summed E-state index contributed by atoms with van der Waals surface area (Å²) in [5, 5.41) is 10.7. The summed E-state index contributed by atoms with van der Waals surface area (Å²) in [5.41, 5.74) is 5.13. The Morgan fingerprint density at radius 1 is 0.946 bits per heavy atom. The number of aryl methyl sites for hydroxylation is 1. The van der Waals surface area contributed by atoms with Gasteiger partial charge in [-0.2, -0.15) is 0 Å². The number of nitrogens with zero attached hydrogens (tertiary/aromatic N) is 1. The molecule has 3 rings (SSSR count). The zero-order chi connectivity index (χ0) is 27.1. The van der Waals surface area contributed by atoms with Gasteiger partial charge in [-0.25, -0.2) is 0 Å². The molecule has 4 heteroatoms. The van der Waals surface area contributed by atoms with Crippen LogP contribution in [0.4, 0.5) is 0 Å². The third-order valence-electron chi connectivity index (χ3n) is 6.43. The number of pyridine rings is 1. The van der Waals surface area contributed by atoms with Gasteiger partial charge in [-0.15, -0.1) is 34.9 Å². The first-order valence-electron chi connectivity index (χ1n) is 13.2. The van der Waals surface area contributed by atoms with Crippen LogP contribution >= 0.6 is 0 Å². The van der Waals surface area contributed by atoms with Gasteiger partial charge in [-0.1, -0.05) is 105 Å². The van der Waals surface area contributed by atoms with Gasteiger partial charge in [0.15, 0.2) is 5.78 Å². The number of aliphatic hydroxyl groups excluding tert-OH is 1. The molecule has 0 saturated carbocycles. The summed E-state index contributed by atoms with van der Waals surface area (Å²) in [4.78, 5) is 16.3. The summed E-state index contributed by atoms with van der Waals surface area (Å²) in [6.45, 7) is 17.8. The minimum Gasteiger partial charge on any atom is -0.512 e. The van der Waals surface area contributed by atoms with E-state index >= 15 is 0 Å². The molecule has 2 aromatic carbocycles. The van der Waals surface area contributed by atoms with Gasteiger partial charge in [0.2, 0.25) is 0 Å². The summed E-state index contributed by atoms with van der Waals surface area (Å²) in [6, 6.07) is 20.7. The van der Waals surface area contributed by atoms with Crippen LogP contribution in [0.15, 0.2) is 60.4 Å². The Kier molecular flexibility index (Phi) is 12.4. The van der Waals surface area contributed by atoms with E-state index in [1.807, 2.05) is 47.6 Å². The van der Waals surface area contributed by atoms with Gasteiger partial charge in [0.1, 0.15) is 5.76 Å². The minimum absolute atomic E-state index is 0. The molecule has 37 heavy (non-hydrogen) atoms. The van der Waals surface area contributed by atoms with Gasteiger partial charge in [-0.3, -0.25) is 9.78 Å². The summed E-state index contributed by atoms with van der Waals surface area (Å²) in [6.07, 6.45) is 4.69. The third kappa shape index (κ3) is 9.51. The van der Waals surface area contributed by atoms with Gasteiger partial charge < -0.3 is 5.11 Å². The number of aromatic nitrogens is 1. The molecule has 0 unspecified atom stereocenters. The van der Waals surface area contributed by atoms with Crippen LogP contribution in [0.1, 0.15) is 92.2 Å². The Labute approximate surface area is 238 Å². The second-order valence-corrected chi connectivity index (χ2v) is 11.5. The van der Waals surface area contributed by atoms with E-state index in [1.54, 1.807) is 0 Å². The molecule has 203 valence electrons. The van der Waals surface area contributed by atoms with Crippen molar-refractivity contribution in [2.45, 2.75) is 87.5 Å². The maximum Gasteiger partial charge on any atom is 0.164 e. The summed E-state index contributed by atoms with van der Waals surface area (Å²) >= 11 is 0. The molecule has 0 aliphatic heterocycles. The fourth-order valence-corrected chi connectivity index (χ4v) is 3.75. The molecule has 1 N–H and O–H groups in total. The Morgan fingerprint density at radius 2 is 1.57 bits per heavy atom. The van der Waals surface area contributed by atoms with Crippen LogP contribution in [-0.2, 0) is 31.3 Å². The van der Waals surface area contributed by atoms with E-state index in [1.165, 1.54) is 35.4 Å². The topological polar surface area (TPSA) is 50.2 Å². The standard InChI is InChI=1S/C22H24N.C11H20O2.Ir/c1-4-16-13-19(17(5-2)6-3)15-20(14-16)22-12-11-18-9-7-8-10-21(18)23-22;1-10(2,3)8(12)7-9(13)11(4,5)6;/h7-13,15,17H,4-6H2,1-3H3;7,12H,1-6H3;/q-1;;/b;8-7-;. The van der Waals surface area contributed by atoms with E-state index in [2.05, 4.69) is 69.3 Å². The molecule has 0 amide bonds. The second kappa shape index (κ2) is 14.0. The van der Waals surface area contributed by atoms with Crippen molar-refractivity contribution < 1.29 is 30.0 Å². The molecule has 0 atom stereocenters. The largest absolute Gasteiger partial charge is 0.512 e. The Morgan fingerprint density at radius 3 is 2.11 bits per heavy atom. The molecule has 0 spiro atoms. The zero-order valence-electron chi connectivity index (χ0n) is 24.0. The fraction of sp³-hybridized carbons (Fsp3) is 0.455. The quantitative estimate of drug-likeness (QED) is 0.161. The molecule has 0 bridgehead atoms. The van der Waals surface area contributed by atoms with Crippen molar-refractivity contribution in [3.63, 3.8) is 0 Å². The fourth-order valence-electron chi connectivity index (χ4n) is 3.75. The number of hydrogen-bond acceptors (Lipinski definition) is 3. The average molecular weight is 679 g/mol. The molecular weight excluding hydrogens is 635 g/mol. The van der Waals surface area contributed by atoms with Crippen molar-refractivity contribution in [1.82, 2.24) is 4.98 Å². The van der Waals surface area contributed by atoms with Crippen molar-refractivity contribution in [3.05, 3.63) is 77.6 Å². The van der Waals surface area contributed by atoms with E-state index in [9.17, 15) is 9.90 Å². The predicted octanol–water partition coefficient (Wildman–Crippen LogP) is 9.26. The minimum atomic E-state index is -0.417. The number of hydrogen-bond donors (Lipinski definition) is 1. The number of ketones is 1. The zero-order valence-corrected chi connectivity index (χ0v) is 26.4. The van der Waals surface area contributed by atoms with E-state index in [0.717, 1.165) is 23.2 Å². The van der Waals surface area contributed by atoms with Crippen molar-refractivity contribution in [3.8, 4) is 11.3 Å². The SMILES string of the molecule is CC(C)(C)C(=O)/C=C(\O)C(C)(C)C.CCc1[c-]c(-c2ccc3ccccc3n2)cc(C(CC)CC)c1.[Ir]. The molecule has 3 aromatic rings. The second-order valence-electron chi connectivity index (χ2n) is 11.5. The van der Waals surface area contributed by atoms with Crippen LogP contribution < -0.4 is 0 Å². The van der Waals surface area contributed by atoms with Crippen LogP contribution in [0.25, 0.3) is 22.2 Å². The number of carbonyl (C=O) groups is 1. The number of aliphatic hydroxyl groups is 1. The van der Waals surface area contributed by atoms with E-state index in [0.29, 0.717) is 5.92 Å². The van der Waals surface area contributed by atoms with E-state index in [-0.39, 0.29) is 37.1 Å². The van der Waals surface area contributed by atoms with Crippen LogP contribution in [-0.4, -0.2) is 15.9 Å². The number of benzene rings is 2. The molecule has 0 aliphatic rings. The Bertz CT molecular complexity index is 1190. The smallest absolute Gasteiger partial charge is 0.164 e. The summed E-state index contributed by atoms with van der Waals surface area (Å²) < 4.78 is 0. The first kappa shape index (κ1) is 32.7. The maximum atomic E-state index is 11.5. The summed E-state index contributed by atoms with van der Waals surface area (Å²) in [5.74, 6) is 0.724.